The van der Waals surface area contributed by atoms with Crippen molar-refractivity contribution in [2.75, 3.05) is 13.1 Å². The fourth-order valence-corrected chi connectivity index (χ4v) is 2.88. The van der Waals surface area contributed by atoms with Gasteiger partial charge in [0, 0.05) is 18.7 Å². The minimum Gasteiger partial charge on any atom is -0.357 e. The van der Waals surface area contributed by atoms with Crippen LogP contribution in [0.25, 0.3) is 0 Å². The van der Waals surface area contributed by atoms with Gasteiger partial charge in [0.2, 0.25) is 0 Å². The zero-order valence-electron chi connectivity index (χ0n) is 13.7. The summed E-state index contributed by atoms with van der Waals surface area (Å²) < 4.78 is 26.8. The van der Waals surface area contributed by atoms with Crippen LogP contribution in [0.15, 0.2) is 40.0 Å². The fraction of sp³-hybridized carbons (Fsp3) is 0.353. The Bertz CT molecular complexity index is 647. The monoisotopic (exact) mass is 465 g/mol. The van der Waals surface area contributed by atoms with Crippen molar-refractivity contribution in [3.63, 3.8) is 0 Å². The molecule has 0 amide bonds. The van der Waals surface area contributed by atoms with E-state index in [1.807, 2.05) is 6.92 Å². The van der Waals surface area contributed by atoms with Gasteiger partial charge in [-0.1, -0.05) is 6.92 Å². The molecule has 0 radical (unpaired) electrons. The number of aliphatic imine (C=N–C) groups is 1. The van der Waals surface area contributed by atoms with Crippen molar-refractivity contribution in [2.24, 2.45) is 4.99 Å². The summed E-state index contributed by atoms with van der Waals surface area (Å²) in [6, 6.07) is 5.51. The first-order valence-corrected chi connectivity index (χ1v) is 8.52. The van der Waals surface area contributed by atoms with Gasteiger partial charge in [-0.05, 0) is 53.4 Å². The van der Waals surface area contributed by atoms with Gasteiger partial charge in [0.25, 0.3) is 0 Å². The van der Waals surface area contributed by atoms with Crippen molar-refractivity contribution in [3.05, 3.63) is 57.8 Å². The van der Waals surface area contributed by atoms with Crippen LogP contribution in [0.3, 0.4) is 0 Å². The molecule has 1 aromatic heterocycles. The minimum atomic E-state index is -0.458. The predicted molar refractivity (Wildman–Crippen MR) is 107 cm³/mol. The lowest BCUT2D eigenvalue weighted by Crippen LogP contribution is -2.39. The summed E-state index contributed by atoms with van der Waals surface area (Å²) in [4.78, 5) is 4.33. The number of thiophene rings is 1. The van der Waals surface area contributed by atoms with Crippen LogP contribution in [0.1, 0.15) is 30.9 Å². The first-order chi connectivity index (χ1) is 11.1. The third kappa shape index (κ3) is 6.35. The lowest BCUT2D eigenvalue weighted by atomic mass is 10.1. The van der Waals surface area contributed by atoms with Gasteiger partial charge in [0.15, 0.2) is 5.96 Å². The van der Waals surface area contributed by atoms with E-state index in [1.165, 1.54) is 11.6 Å². The van der Waals surface area contributed by atoms with Gasteiger partial charge in [-0.25, -0.2) is 13.8 Å². The van der Waals surface area contributed by atoms with Crippen LogP contribution >= 0.6 is 35.3 Å². The first kappa shape index (κ1) is 20.8. The molecule has 2 rings (SSSR count). The molecule has 0 spiro atoms. The van der Waals surface area contributed by atoms with Gasteiger partial charge in [0.1, 0.15) is 11.6 Å². The molecule has 0 aliphatic carbocycles. The van der Waals surface area contributed by atoms with Crippen molar-refractivity contribution >= 4 is 41.3 Å². The minimum absolute atomic E-state index is 0. The quantitative estimate of drug-likeness (QED) is 0.375. The molecule has 0 bridgehead atoms. The zero-order valence-corrected chi connectivity index (χ0v) is 16.8. The van der Waals surface area contributed by atoms with E-state index in [4.69, 9.17) is 0 Å². The first-order valence-electron chi connectivity index (χ1n) is 7.58. The summed E-state index contributed by atoms with van der Waals surface area (Å²) in [5.74, 6) is 0.0348. The topological polar surface area (TPSA) is 36.4 Å². The number of guanidine groups is 1. The van der Waals surface area contributed by atoms with Crippen LogP contribution in [0, 0.1) is 11.6 Å². The molecule has 1 atom stereocenters. The van der Waals surface area contributed by atoms with Crippen LogP contribution in [0.4, 0.5) is 8.78 Å². The molecule has 1 aromatic carbocycles. The summed E-state index contributed by atoms with van der Waals surface area (Å²) in [6.07, 6.45) is 0. The Kier molecular flexibility index (Phi) is 9.20. The maximum absolute atomic E-state index is 13.6. The molecular weight excluding hydrogens is 443 g/mol. The summed E-state index contributed by atoms with van der Waals surface area (Å²) in [5.41, 5.74) is 1.52. The van der Waals surface area contributed by atoms with Gasteiger partial charge in [0.05, 0.1) is 6.54 Å². The van der Waals surface area contributed by atoms with Gasteiger partial charge >= 0.3 is 0 Å². The van der Waals surface area contributed by atoms with Crippen molar-refractivity contribution in [1.82, 2.24) is 10.6 Å². The smallest absolute Gasteiger partial charge is 0.191 e. The van der Waals surface area contributed by atoms with Gasteiger partial charge in [-0.3, -0.25) is 0 Å². The summed E-state index contributed by atoms with van der Waals surface area (Å²) >= 11 is 1.67. The van der Waals surface area contributed by atoms with Crippen LogP contribution in [0.5, 0.6) is 0 Å². The van der Waals surface area contributed by atoms with E-state index in [9.17, 15) is 8.78 Å². The molecule has 0 saturated carbocycles. The summed E-state index contributed by atoms with van der Waals surface area (Å²) in [6.45, 7) is 5.59. The van der Waals surface area contributed by atoms with Crippen LogP contribution in [-0.4, -0.2) is 19.0 Å². The third-order valence-corrected chi connectivity index (χ3v) is 4.15. The van der Waals surface area contributed by atoms with E-state index in [0.29, 0.717) is 25.0 Å². The molecule has 1 heterocycles. The highest BCUT2D eigenvalue weighted by molar-refractivity contribution is 14.0. The molecule has 24 heavy (non-hydrogen) atoms. The Labute approximate surface area is 162 Å². The highest BCUT2D eigenvalue weighted by atomic mass is 127. The van der Waals surface area contributed by atoms with Gasteiger partial charge < -0.3 is 10.6 Å². The number of rotatable bonds is 6. The van der Waals surface area contributed by atoms with Crippen molar-refractivity contribution in [1.29, 1.82) is 0 Å². The molecule has 1 unspecified atom stereocenters. The van der Waals surface area contributed by atoms with Crippen LogP contribution in [-0.2, 0) is 6.54 Å². The number of hydrogen-bond acceptors (Lipinski definition) is 2. The summed E-state index contributed by atoms with van der Waals surface area (Å²) in [7, 11) is 0. The molecule has 0 aliphatic rings. The SMILES string of the molecule is CCNC(=NCc1cc(F)ccc1F)NCC(C)c1ccsc1.I. The lowest BCUT2D eigenvalue weighted by molar-refractivity contribution is 0.585. The van der Waals surface area contributed by atoms with Crippen molar-refractivity contribution in [3.8, 4) is 0 Å². The van der Waals surface area contributed by atoms with E-state index in [0.717, 1.165) is 12.1 Å². The molecule has 132 valence electrons. The molecule has 7 heteroatoms. The number of nitrogens with one attached hydrogen (secondary N) is 2. The average Bonchev–Trinajstić information content (AvgIpc) is 3.07. The maximum Gasteiger partial charge on any atom is 0.191 e. The number of hydrogen-bond donors (Lipinski definition) is 2. The molecule has 0 aliphatic heterocycles. The fourth-order valence-electron chi connectivity index (χ4n) is 2.09. The Morgan fingerprint density at radius 3 is 2.71 bits per heavy atom. The summed E-state index contributed by atoms with van der Waals surface area (Å²) in [5, 5.41) is 10.5. The molecule has 0 fully saturated rings. The van der Waals surface area contributed by atoms with Crippen molar-refractivity contribution in [2.45, 2.75) is 26.3 Å². The van der Waals surface area contributed by atoms with E-state index >= 15 is 0 Å². The highest BCUT2D eigenvalue weighted by Gasteiger charge is 2.08. The molecule has 3 nitrogen and oxygen atoms in total. The standard InChI is InChI=1S/C17H21F2N3S.HI/c1-3-20-17(21-9-12(2)13-6-7-23-11-13)22-10-14-8-15(18)4-5-16(14)19;/h4-8,11-12H,3,9-10H2,1-2H3,(H2,20,21,22);1H. The maximum atomic E-state index is 13.6. The number of halogens is 3. The second-order valence-corrected chi connectivity index (χ2v) is 6.05. The molecule has 2 aromatic rings. The zero-order chi connectivity index (χ0) is 16.7. The second kappa shape index (κ2) is 10.6. The molecule has 0 saturated heterocycles. The second-order valence-electron chi connectivity index (χ2n) is 5.27. The largest absolute Gasteiger partial charge is 0.357 e. The molecule has 2 N–H and O–H groups in total. The van der Waals surface area contributed by atoms with Gasteiger partial charge in [-0.15, -0.1) is 24.0 Å². The Balaban J connectivity index is 0.00000288. The third-order valence-electron chi connectivity index (χ3n) is 3.45. The predicted octanol–water partition coefficient (Wildman–Crippen LogP) is 4.50. The number of benzene rings is 1. The Morgan fingerprint density at radius 1 is 1.25 bits per heavy atom. The average molecular weight is 465 g/mol. The van der Waals surface area contributed by atoms with Gasteiger partial charge in [-0.2, -0.15) is 11.3 Å². The van der Waals surface area contributed by atoms with E-state index < -0.39 is 11.6 Å². The Morgan fingerprint density at radius 2 is 2.04 bits per heavy atom. The Hall–Kier alpha value is -1.22. The normalized spacial score (nSPS) is 12.4. The van der Waals surface area contributed by atoms with Crippen LogP contribution in [0.2, 0.25) is 0 Å². The van der Waals surface area contributed by atoms with E-state index in [-0.39, 0.29) is 36.1 Å². The molecular formula is C17H22F2IN3S. The number of nitrogens with zero attached hydrogens (tertiary/aromatic N) is 1. The lowest BCUT2D eigenvalue weighted by Gasteiger charge is -2.15. The van der Waals surface area contributed by atoms with Crippen molar-refractivity contribution < 1.29 is 8.78 Å². The highest BCUT2D eigenvalue weighted by Crippen LogP contribution is 2.17. The van der Waals surface area contributed by atoms with E-state index in [1.54, 1.807) is 11.3 Å². The van der Waals surface area contributed by atoms with Crippen LogP contribution < -0.4 is 10.6 Å². The van der Waals surface area contributed by atoms with E-state index in [2.05, 4.69) is 39.4 Å².